The van der Waals surface area contributed by atoms with Crippen LogP contribution in [-0.2, 0) is 4.79 Å². The Labute approximate surface area is 183 Å². The van der Waals surface area contributed by atoms with Crippen LogP contribution in [0.2, 0.25) is 5.02 Å². The largest absolute Gasteiger partial charge is 0.484 e. The highest BCUT2D eigenvalue weighted by Crippen LogP contribution is 2.28. The first-order valence-electron chi connectivity index (χ1n) is 9.45. The van der Waals surface area contributed by atoms with Gasteiger partial charge in [0.2, 0.25) is 5.91 Å². The third-order valence-corrected chi connectivity index (χ3v) is 4.51. The molecule has 168 valence electrons. The number of halogens is 4. The van der Waals surface area contributed by atoms with Crippen LogP contribution in [0.1, 0.15) is 48.4 Å². The van der Waals surface area contributed by atoms with Crippen molar-refractivity contribution in [3.8, 4) is 5.75 Å². The third kappa shape index (κ3) is 7.43. The first-order valence-corrected chi connectivity index (χ1v) is 9.83. The second-order valence-corrected chi connectivity index (χ2v) is 7.72. The molecule has 2 aromatic rings. The molecule has 0 aliphatic rings. The van der Waals surface area contributed by atoms with Gasteiger partial charge in [0.15, 0.2) is 6.61 Å². The molecule has 0 bridgehead atoms. The predicted molar refractivity (Wildman–Crippen MR) is 111 cm³/mol. The lowest BCUT2D eigenvalue weighted by atomic mass is 10.1. The minimum absolute atomic E-state index is 0.0279. The molecule has 31 heavy (non-hydrogen) atoms. The standard InChI is InChI=1S/C21H23ClF3N3O3/c1-11(2)19(29)28-18-8-14(7-12(3)26-18)20(30)27-13(4)16-6-5-15(9-17(16)22)31-10-21(23,24)25/h5-9,11,13H,10H2,1-4H3,(H,27,30)(H,26,28,29). The lowest BCUT2D eigenvalue weighted by Crippen LogP contribution is -2.27. The second-order valence-electron chi connectivity index (χ2n) is 7.31. The number of carbonyl (C=O) groups excluding carboxylic acids is 2. The molecule has 1 aromatic heterocycles. The topological polar surface area (TPSA) is 80.3 Å². The molecule has 0 aliphatic heterocycles. The molecule has 0 aliphatic carbocycles. The molecule has 0 spiro atoms. The van der Waals surface area contributed by atoms with Crippen LogP contribution in [0.4, 0.5) is 19.0 Å². The summed E-state index contributed by atoms with van der Waals surface area (Å²) in [4.78, 5) is 28.8. The van der Waals surface area contributed by atoms with Crippen molar-refractivity contribution >= 4 is 29.2 Å². The molecule has 1 atom stereocenters. The second kappa shape index (κ2) is 10.00. The fourth-order valence-corrected chi connectivity index (χ4v) is 2.94. The maximum absolute atomic E-state index is 12.7. The van der Waals surface area contributed by atoms with Gasteiger partial charge < -0.3 is 15.4 Å². The van der Waals surface area contributed by atoms with Gasteiger partial charge in [-0.2, -0.15) is 13.2 Å². The predicted octanol–water partition coefficient (Wildman–Crippen LogP) is 5.07. The molecule has 2 N–H and O–H groups in total. The summed E-state index contributed by atoms with van der Waals surface area (Å²) in [7, 11) is 0. The van der Waals surface area contributed by atoms with Crippen molar-refractivity contribution in [2.24, 2.45) is 5.92 Å². The molecule has 2 amide bonds. The monoisotopic (exact) mass is 457 g/mol. The van der Waals surface area contributed by atoms with E-state index in [-0.39, 0.29) is 28.4 Å². The molecular formula is C21H23ClF3N3O3. The molecule has 0 fully saturated rings. The number of benzene rings is 1. The summed E-state index contributed by atoms with van der Waals surface area (Å²) in [6, 6.07) is 6.60. The Morgan fingerprint density at radius 2 is 1.84 bits per heavy atom. The van der Waals surface area contributed by atoms with Crippen molar-refractivity contribution in [1.29, 1.82) is 0 Å². The van der Waals surface area contributed by atoms with Crippen LogP contribution in [0.25, 0.3) is 0 Å². The van der Waals surface area contributed by atoms with Gasteiger partial charge in [-0.3, -0.25) is 9.59 Å². The number of hydrogen-bond donors (Lipinski definition) is 2. The molecule has 1 heterocycles. The Morgan fingerprint density at radius 3 is 2.42 bits per heavy atom. The maximum atomic E-state index is 12.7. The van der Waals surface area contributed by atoms with Crippen molar-refractivity contribution in [2.45, 2.75) is 39.9 Å². The van der Waals surface area contributed by atoms with Gasteiger partial charge in [0.05, 0.1) is 6.04 Å². The number of anilines is 1. The van der Waals surface area contributed by atoms with E-state index in [0.29, 0.717) is 16.8 Å². The van der Waals surface area contributed by atoms with Gasteiger partial charge in [0, 0.05) is 22.2 Å². The zero-order valence-electron chi connectivity index (χ0n) is 17.4. The highest BCUT2D eigenvalue weighted by Gasteiger charge is 2.28. The van der Waals surface area contributed by atoms with Gasteiger partial charge in [0.25, 0.3) is 5.91 Å². The number of amides is 2. The minimum Gasteiger partial charge on any atom is -0.484 e. The Hall–Kier alpha value is -2.81. The van der Waals surface area contributed by atoms with E-state index in [1.165, 1.54) is 24.3 Å². The number of nitrogens with zero attached hydrogens (tertiary/aromatic N) is 1. The van der Waals surface area contributed by atoms with Crippen molar-refractivity contribution in [3.05, 3.63) is 52.2 Å². The number of alkyl halides is 3. The highest BCUT2D eigenvalue weighted by molar-refractivity contribution is 6.31. The van der Waals surface area contributed by atoms with Crippen molar-refractivity contribution in [2.75, 3.05) is 11.9 Å². The summed E-state index contributed by atoms with van der Waals surface area (Å²) in [5.41, 5.74) is 1.34. The normalized spacial score (nSPS) is 12.4. The minimum atomic E-state index is -4.46. The quantitative estimate of drug-likeness (QED) is 0.608. The maximum Gasteiger partial charge on any atom is 0.422 e. The van der Waals surface area contributed by atoms with Crippen LogP contribution in [0.15, 0.2) is 30.3 Å². The Kier molecular flexibility index (Phi) is 7.89. The van der Waals surface area contributed by atoms with E-state index >= 15 is 0 Å². The van der Waals surface area contributed by atoms with Gasteiger partial charge >= 0.3 is 6.18 Å². The molecule has 0 saturated carbocycles. The van der Waals surface area contributed by atoms with Gasteiger partial charge in [0.1, 0.15) is 11.6 Å². The first kappa shape index (κ1) is 24.5. The van der Waals surface area contributed by atoms with Crippen LogP contribution >= 0.6 is 11.6 Å². The average molecular weight is 458 g/mol. The molecular weight excluding hydrogens is 435 g/mol. The average Bonchev–Trinajstić information content (AvgIpc) is 2.65. The zero-order chi connectivity index (χ0) is 23.3. The van der Waals surface area contributed by atoms with E-state index in [2.05, 4.69) is 20.4 Å². The molecule has 0 radical (unpaired) electrons. The lowest BCUT2D eigenvalue weighted by molar-refractivity contribution is -0.153. The Morgan fingerprint density at radius 1 is 1.16 bits per heavy atom. The SMILES string of the molecule is Cc1cc(C(=O)NC(C)c2ccc(OCC(F)(F)F)cc2Cl)cc(NC(=O)C(C)C)n1. The van der Waals surface area contributed by atoms with E-state index in [1.54, 1.807) is 33.8 Å². The molecule has 1 aromatic carbocycles. The first-order chi connectivity index (χ1) is 14.4. The van der Waals surface area contributed by atoms with Gasteiger partial charge in [-0.15, -0.1) is 0 Å². The molecule has 1 unspecified atom stereocenters. The summed E-state index contributed by atoms with van der Waals surface area (Å²) in [6.45, 7) is 5.44. The third-order valence-electron chi connectivity index (χ3n) is 4.18. The fraction of sp³-hybridized carbons (Fsp3) is 0.381. The van der Waals surface area contributed by atoms with E-state index < -0.39 is 24.7 Å². The van der Waals surface area contributed by atoms with Crippen LogP contribution in [0.5, 0.6) is 5.75 Å². The molecule has 0 saturated heterocycles. The van der Waals surface area contributed by atoms with E-state index in [1.807, 2.05) is 0 Å². The Balaban J connectivity index is 2.11. The fourth-order valence-electron chi connectivity index (χ4n) is 2.61. The van der Waals surface area contributed by atoms with Gasteiger partial charge in [-0.25, -0.2) is 4.98 Å². The van der Waals surface area contributed by atoms with Crippen LogP contribution < -0.4 is 15.4 Å². The number of nitrogens with one attached hydrogen (secondary N) is 2. The number of aromatic nitrogens is 1. The smallest absolute Gasteiger partial charge is 0.422 e. The van der Waals surface area contributed by atoms with E-state index in [4.69, 9.17) is 11.6 Å². The van der Waals surface area contributed by atoms with E-state index in [9.17, 15) is 22.8 Å². The van der Waals surface area contributed by atoms with Crippen LogP contribution in [0, 0.1) is 12.8 Å². The number of carbonyl (C=O) groups is 2. The molecule has 10 heteroatoms. The number of rotatable bonds is 7. The van der Waals surface area contributed by atoms with E-state index in [0.717, 1.165) is 0 Å². The van der Waals surface area contributed by atoms with Crippen molar-refractivity contribution < 1.29 is 27.5 Å². The number of ether oxygens (including phenoxy) is 1. The summed E-state index contributed by atoms with van der Waals surface area (Å²) in [6.07, 6.45) is -4.46. The zero-order valence-corrected chi connectivity index (χ0v) is 18.2. The Bertz CT molecular complexity index is 965. The van der Waals surface area contributed by atoms with Crippen LogP contribution in [-0.4, -0.2) is 29.6 Å². The van der Waals surface area contributed by atoms with Gasteiger partial charge in [-0.1, -0.05) is 31.5 Å². The number of hydrogen-bond acceptors (Lipinski definition) is 4. The highest BCUT2D eigenvalue weighted by atomic mass is 35.5. The van der Waals surface area contributed by atoms with Crippen LogP contribution in [0.3, 0.4) is 0 Å². The summed E-state index contributed by atoms with van der Waals surface area (Å²) in [5.74, 6) is -0.658. The molecule has 2 rings (SSSR count). The van der Waals surface area contributed by atoms with Crippen molar-refractivity contribution in [1.82, 2.24) is 10.3 Å². The van der Waals surface area contributed by atoms with Crippen molar-refractivity contribution in [3.63, 3.8) is 0 Å². The summed E-state index contributed by atoms with van der Waals surface area (Å²) in [5, 5.41) is 5.59. The lowest BCUT2D eigenvalue weighted by Gasteiger charge is -2.18. The summed E-state index contributed by atoms with van der Waals surface area (Å²) < 4.78 is 41.5. The number of aryl methyl sites for hydroxylation is 1. The van der Waals surface area contributed by atoms with Gasteiger partial charge in [-0.05, 0) is 43.7 Å². The summed E-state index contributed by atoms with van der Waals surface area (Å²) >= 11 is 6.17. The molecule has 6 nitrogen and oxygen atoms in total. The number of pyridine rings is 1.